The first-order chi connectivity index (χ1) is 20.2. The van der Waals surface area contributed by atoms with E-state index >= 15 is 0 Å². The molecule has 5 aromatic rings. The average Bonchev–Trinajstić information content (AvgIpc) is 3.41. The average molecular weight is 534 g/mol. The highest BCUT2D eigenvalue weighted by Crippen LogP contribution is 2.41. The van der Waals surface area contributed by atoms with E-state index in [1.807, 2.05) is 6.07 Å². The lowest BCUT2D eigenvalue weighted by Gasteiger charge is -2.27. The summed E-state index contributed by atoms with van der Waals surface area (Å²) in [6, 6.07) is 34.6. The molecular weight excluding hydrogens is 498 g/mol. The molecule has 0 spiro atoms. The van der Waals surface area contributed by atoms with Gasteiger partial charge in [-0.05, 0) is 66.0 Å². The highest BCUT2D eigenvalue weighted by atomic mass is 16.3. The predicted molar refractivity (Wildman–Crippen MR) is 174 cm³/mol. The first kappa shape index (κ1) is 25.4. The second-order valence-corrected chi connectivity index (χ2v) is 11.3. The van der Waals surface area contributed by atoms with Crippen LogP contribution in [0.3, 0.4) is 0 Å². The second kappa shape index (κ2) is 11.1. The van der Waals surface area contributed by atoms with Gasteiger partial charge in [-0.15, -0.1) is 0 Å². The zero-order chi connectivity index (χ0) is 27.6. The maximum Gasteiger partial charge on any atom is 0.159 e. The maximum atomic E-state index is 6.56. The van der Waals surface area contributed by atoms with E-state index in [1.165, 1.54) is 33.4 Å². The Morgan fingerprint density at radius 2 is 1.59 bits per heavy atom. The Labute approximate surface area is 242 Å². The van der Waals surface area contributed by atoms with Gasteiger partial charge in [-0.1, -0.05) is 128 Å². The molecule has 0 saturated heterocycles. The van der Waals surface area contributed by atoms with Gasteiger partial charge < -0.3 is 9.73 Å². The van der Waals surface area contributed by atoms with Crippen molar-refractivity contribution in [2.75, 3.05) is 5.32 Å². The molecule has 0 bridgehead atoms. The molecule has 0 radical (unpaired) electrons. The molecule has 4 aromatic carbocycles. The number of hydrogen-bond donors (Lipinski definition) is 1. The van der Waals surface area contributed by atoms with E-state index < -0.39 is 0 Å². The van der Waals surface area contributed by atoms with Crippen LogP contribution in [0.25, 0.3) is 33.1 Å². The number of nitrogens with one attached hydrogen (secondary N) is 1. The summed E-state index contributed by atoms with van der Waals surface area (Å²) in [5.74, 6) is 0.356. The molecule has 202 valence electrons. The summed E-state index contributed by atoms with van der Waals surface area (Å²) in [4.78, 5) is 0. The molecular formula is C39H35NO. The summed E-state index contributed by atoms with van der Waals surface area (Å²) in [6.07, 6.45) is 16.0. The number of benzene rings is 4. The predicted octanol–water partition coefficient (Wildman–Crippen LogP) is 10.4. The Hall–Kier alpha value is -4.56. The molecule has 0 aliphatic heterocycles. The zero-order valence-electron chi connectivity index (χ0n) is 23.5. The van der Waals surface area contributed by atoms with Crippen LogP contribution < -0.4 is 5.32 Å². The summed E-state index contributed by atoms with van der Waals surface area (Å²) < 4.78 is 6.56. The van der Waals surface area contributed by atoms with Gasteiger partial charge in [-0.25, -0.2) is 0 Å². The minimum atomic E-state index is 0.176. The summed E-state index contributed by atoms with van der Waals surface area (Å²) in [5.41, 5.74) is 10.9. The fourth-order valence-electron chi connectivity index (χ4n) is 6.29. The molecule has 2 unspecified atom stereocenters. The van der Waals surface area contributed by atoms with Gasteiger partial charge in [-0.3, -0.25) is 0 Å². The van der Waals surface area contributed by atoms with Gasteiger partial charge in [0.1, 0.15) is 5.58 Å². The molecule has 1 heterocycles. The molecule has 41 heavy (non-hydrogen) atoms. The summed E-state index contributed by atoms with van der Waals surface area (Å²) >= 11 is 0. The van der Waals surface area contributed by atoms with Crippen LogP contribution in [0.2, 0.25) is 0 Å². The van der Waals surface area contributed by atoms with E-state index in [9.17, 15) is 0 Å². The summed E-state index contributed by atoms with van der Waals surface area (Å²) in [5, 5.41) is 6.27. The largest absolute Gasteiger partial charge is 0.454 e. The van der Waals surface area contributed by atoms with E-state index in [0.29, 0.717) is 5.92 Å². The van der Waals surface area contributed by atoms with Crippen molar-refractivity contribution >= 4 is 38.8 Å². The smallest absolute Gasteiger partial charge is 0.159 e. The lowest BCUT2D eigenvalue weighted by Crippen LogP contribution is -2.26. The third kappa shape index (κ3) is 5.18. The van der Waals surface area contributed by atoms with Gasteiger partial charge in [0.05, 0.1) is 11.7 Å². The Kier molecular flexibility index (Phi) is 6.90. The van der Waals surface area contributed by atoms with Crippen molar-refractivity contribution in [3.05, 3.63) is 150 Å². The van der Waals surface area contributed by atoms with E-state index in [0.717, 1.165) is 53.3 Å². The second-order valence-electron chi connectivity index (χ2n) is 11.3. The number of furan rings is 1. The van der Waals surface area contributed by atoms with Crippen LogP contribution in [0.4, 0.5) is 5.69 Å². The molecule has 0 amide bonds. The molecule has 2 atom stereocenters. The van der Waals surface area contributed by atoms with Crippen molar-refractivity contribution in [1.82, 2.24) is 0 Å². The van der Waals surface area contributed by atoms with Gasteiger partial charge in [0, 0.05) is 16.3 Å². The quantitative estimate of drug-likeness (QED) is 0.225. The fraction of sp³-hybridized carbons (Fsp3) is 0.179. The Morgan fingerprint density at radius 1 is 0.805 bits per heavy atom. The molecule has 2 aliphatic rings. The Bertz CT molecular complexity index is 1820. The normalized spacial score (nSPS) is 18.7. The third-order valence-corrected chi connectivity index (χ3v) is 8.53. The van der Waals surface area contributed by atoms with E-state index in [1.54, 1.807) is 0 Å². The van der Waals surface area contributed by atoms with Crippen LogP contribution in [0.5, 0.6) is 0 Å². The van der Waals surface area contributed by atoms with Crippen molar-refractivity contribution in [2.45, 2.75) is 38.6 Å². The number of allylic oxidation sites excluding steroid dienone is 6. The van der Waals surface area contributed by atoms with Crippen molar-refractivity contribution in [1.29, 1.82) is 0 Å². The lowest BCUT2D eigenvalue weighted by atomic mass is 9.88. The SMILES string of the molecule is CC1C=C(CCc2ccccc2)C=CC1Nc1c(C2=CCCC(c3ccccc3)=C2)ccc2c1oc1ccccc12. The third-order valence-electron chi connectivity index (χ3n) is 8.53. The van der Waals surface area contributed by atoms with Gasteiger partial charge in [0.15, 0.2) is 5.58 Å². The number of fused-ring (bicyclic) bond motifs is 3. The number of hydrogen-bond acceptors (Lipinski definition) is 2. The fourth-order valence-corrected chi connectivity index (χ4v) is 6.29. The molecule has 2 aliphatic carbocycles. The first-order valence-electron chi connectivity index (χ1n) is 14.8. The van der Waals surface area contributed by atoms with Crippen LogP contribution in [-0.4, -0.2) is 6.04 Å². The van der Waals surface area contributed by atoms with Crippen molar-refractivity contribution in [2.24, 2.45) is 5.92 Å². The standard InChI is InChI=1S/C39H35NO/c1-27-25-29(20-19-28-11-4-2-5-12-28)21-24-36(27)40-38-33(22-23-35-34-17-8-9-18-37(34)41-39(35)38)32-16-10-15-31(26-32)30-13-6-3-7-14-30/h2-9,11-14,16-18,21-27,36,40H,10,15,19-20H2,1H3. The van der Waals surface area contributed by atoms with Crippen LogP contribution >= 0.6 is 0 Å². The minimum Gasteiger partial charge on any atom is -0.454 e. The van der Waals surface area contributed by atoms with E-state index in [-0.39, 0.29) is 6.04 Å². The molecule has 7 rings (SSSR count). The van der Waals surface area contributed by atoms with Crippen molar-refractivity contribution in [3.8, 4) is 0 Å². The molecule has 0 fully saturated rings. The number of anilines is 1. The lowest BCUT2D eigenvalue weighted by molar-refractivity contribution is 0.641. The molecule has 2 nitrogen and oxygen atoms in total. The summed E-state index contributed by atoms with van der Waals surface area (Å²) in [7, 11) is 0. The van der Waals surface area contributed by atoms with E-state index in [4.69, 9.17) is 4.42 Å². The van der Waals surface area contributed by atoms with Crippen LogP contribution in [0, 0.1) is 5.92 Å². The zero-order valence-corrected chi connectivity index (χ0v) is 23.5. The van der Waals surface area contributed by atoms with Crippen molar-refractivity contribution in [3.63, 3.8) is 0 Å². The number of para-hydroxylation sites is 1. The maximum absolute atomic E-state index is 6.56. The molecule has 0 saturated carbocycles. The first-order valence-corrected chi connectivity index (χ1v) is 14.8. The Balaban J connectivity index is 1.23. The van der Waals surface area contributed by atoms with Gasteiger partial charge in [-0.2, -0.15) is 0 Å². The topological polar surface area (TPSA) is 25.2 Å². The number of aryl methyl sites for hydroxylation is 1. The molecule has 1 aromatic heterocycles. The van der Waals surface area contributed by atoms with Crippen LogP contribution in [0.15, 0.2) is 137 Å². The highest BCUT2D eigenvalue weighted by Gasteiger charge is 2.23. The van der Waals surface area contributed by atoms with Crippen LogP contribution in [-0.2, 0) is 6.42 Å². The Morgan fingerprint density at radius 3 is 2.41 bits per heavy atom. The van der Waals surface area contributed by atoms with Crippen LogP contribution in [0.1, 0.15) is 42.9 Å². The van der Waals surface area contributed by atoms with Crippen molar-refractivity contribution < 1.29 is 4.42 Å². The summed E-state index contributed by atoms with van der Waals surface area (Å²) in [6.45, 7) is 2.31. The highest BCUT2D eigenvalue weighted by molar-refractivity contribution is 6.11. The van der Waals surface area contributed by atoms with Gasteiger partial charge >= 0.3 is 0 Å². The van der Waals surface area contributed by atoms with Gasteiger partial charge in [0.2, 0.25) is 0 Å². The molecule has 1 N–H and O–H groups in total. The minimum absolute atomic E-state index is 0.176. The molecule has 2 heteroatoms. The monoisotopic (exact) mass is 533 g/mol. The number of rotatable bonds is 7. The van der Waals surface area contributed by atoms with E-state index in [2.05, 4.69) is 134 Å². The van der Waals surface area contributed by atoms with Gasteiger partial charge in [0.25, 0.3) is 0 Å².